The van der Waals surface area contributed by atoms with Crippen LogP contribution in [-0.2, 0) is 4.79 Å². The zero-order valence-electron chi connectivity index (χ0n) is 14.2. The molecule has 0 radical (unpaired) electrons. The molecule has 1 heterocycles. The minimum atomic E-state index is -0.393. The minimum absolute atomic E-state index is 0.00609. The summed E-state index contributed by atoms with van der Waals surface area (Å²) in [5.74, 6) is -0.373. The predicted octanol–water partition coefficient (Wildman–Crippen LogP) is 3.99. The van der Waals surface area contributed by atoms with E-state index in [-0.39, 0.29) is 17.6 Å². The van der Waals surface area contributed by atoms with E-state index in [9.17, 15) is 9.18 Å². The number of aryl methyl sites for hydroxylation is 1. The molecule has 1 saturated heterocycles. The van der Waals surface area contributed by atoms with Crippen LogP contribution < -0.4 is 10.6 Å². The van der Waals surface area contributed by atoms with Gasteiger partial charge in [0.1, 0.15) is 5.82 Å². The highest BCUT2D eigenvalue weighted by Crippen LogP contribution is 2.30. The first-order valence-corrected chi connectivity index (χ1v) is 8.95. The van der Waals surface area contributed by atoms with Crippen molar-refractivity contribution >= 4 is 17.5 Å². The molecule has 0 aliphatic carbocycles. The third-order valence-corrected chi connectivity index (χ3v) is 5.01. The lowest BCUT2D eigenvalue weighted by Gasteiger charge is -2.26. The van der Waals surface area contributed by atoms with Crippen LogP contribution in [0.25, 0.3) is 0 Å². The lowest BCUT2D eigenvalue weighted by atomic mass is 9.94. The second kappa shape index (κ2) is 7.98. The molecule has 25 heavy (non-hydrogen) atoms. The van der Waals surface area contributed by atoms with E-state index in [1.807, 2.05) is 31.2 Å². The van der Waals surface area contributed by atoms with Crippen LogP contribution in [0.5, 0.6) is 0 Å². The van der Waals surface area contributed by atoms with Crippen LogP contribution in [0.3, 0.4) is 0 Å². The van der Waals surface area contributed by atoms with Gasteiger partial charge in [0.2, 0.25) is 5.91 Å². The summed E-state index contributed by atoms with van der Waals surface area (Å²) in [5, 5.41) is 6.71. The summed E-state index contributed by atoms with van der Waals surface area (Å²) in [5.41, 5.74) is 2.77. The second-order valence-corrected chi connectivity index (χ2v) is 6.95. The van der Waals surface area contributed by atoms with E-state index in [0.29, 0.717) is 10.6 Å². The maximum atomic E-state index is 13.4. The number of piperidine rings is 1. The van der Waals surface area contributed by atoms with Crippen LogP contribution in [0.4, 0.5) is 4.39 Å². The quantitative estimate of drug-likeness (QED) is 0.865. The van der Waals surface area contributed by atoms with E-state index in [0.717, 1.165) is 37.1 Å². The first kappa shape index (κ1) is 17.9. The molecule has 0 aromatic heterocycles. The van der Waals surface area contributed by atoms with E-state index in [1.165, 1.54) is 12.1 Å². The summed E-state index contributed by atoms with van der Waals surface area (Å²) in [4.78, 5) is 12.7. The van der Waals surface area contributed by atoms with Gasteiger partial charge in [0.25, 0.3) is 0 Å². The average molecular weight is 361 g/mol. The third-order valence-electron chi connectivity index (χ3n) is 4.68. The SMILES string of the molecule is Cc1ccc(C(NC(=O)C2CCNCC2)c2ccc(F)cc2Cl)cc1. The lowest BCUT2D eigenvalue weighted by molar-refractivity contribution is -0.126. The highest BCUT2D eigenvalue weighted by Gasteiger charge is 2.26. The van der Waals surface area contributed by atoms with Crippen LogP contribution in [0, 0.1) is 18.7 Å². The summed E-state index contributed by atoms with van der Waals surface area (Å²) < 4.78 is 13.4. The second-order valence-electron chi connectivity index (χ2n) is 6.54. The Balaban J connectivity index is 1.91. The van der Waals surface area contributed by atoms with Gasteiger partial charge < -0.3 is 10.6 Å². The standard InChI is InChI=1S/C20H22ClFN2O/c1-13-2-4-14(5-3-13)19(17-7-6-16(22)12-18(17)21)24-20(25)15-8-10-23-11-9-15/h2-7,12,15,19,23H,8-11H2,1H3,(H,24,25). The van der Waals surface area contributed by atoms with E-state index >= 15 is 0 Å². The molecule has 1 unspecified atom stereocenters. The molecule has 2 N–H and O–H groups in total. The molecule has 0 saturated carbocycles. The van der Waals surface area contributed by atoms with Gasteiger partial charge in [-0.25, -0.2) is 4.39 Å². The van der Waals surface area contributed by atoms with Crippen molar-refractivity contribution in [2.75, 3.05) is 13.1 Å². The normalized spacial score (nSPS) is 16.4. The van der Waals surface area contributed by atoms with Crippen molar-refractivity contribution < 1.29 is 9.18 Å². The van der Waals surface area contributed by atoms with Gasteiger partial charge in [0.15, 0.2) is 0 Å². The van der Waals surface area contributed by atoms with Crippen molar-refractivity contribution in [3.8, 4) is 0 Å². The minimum Gasteiger partial charge on any atom is -0.345 e. The number of benzene rings is 2. The first-order valence-electron chi connectivity index (χ1n) is 8.57. The van der Waals surface area contributed by atoms with Crippen LogP contribution in [-0.4, -0.2) is 19.0 Å². The summed E-state index contributed by atoms with van der Waals surface area (Å²) >= 11 is 6.27. The highest BCUT2D eigenvalue weighted by atomic mass is 35.5. The molecular weight excluding hydrogens is 339 g/mol. The third kappa shape index (κ3) is 4.39. The predicted molar refractivity (Wildman–Crippen MR) is 98.2 cm³/mol. The fourth-order valence-electron chi connectivity index (χ4n) is 3.18. The molecule has 1 aliphatic heterocycles. The van der Waals surface area contributed by atoms with Gasteiger partial charge in [0.05, 0.1) is 6.04 Å². The van der Waals surface area contributed by atoms with Gasteiger partial charge in [0, 0.05) is 10.9 Å². The lowest BCUT2D eigenvalue weighted by Crippen LogP contribution is -2.40. The highest BCUT2D eigenvalue weighted by molar-refractivity contribution is 6.31. The number of rotatable bonds is 4. The monoisotopic (exact) mass is 360 g/mol. The Morgan fingerprint density at radius 3 is 2.52 bits per heavy atom. The summed E-state index contributed by atoms with van der Waals surface area (Å²) in [6, 6.07) is 11.9. The molecule has 3 nitrogen and oxygen atoms in total. The molecule has 0 bridgehead atoms. The van der Waals surface area contributed by atoms with Crippen LogP contribution >= 0.6 is 11.6 Å². The molecule has 1 amide bonds. The Kier molecular flexibility index (Phi) is 5.71. The van der Waals surface area contributed by atoms with Crippen LogP contribution in [0.15, 0.2) is 42.5 Å². The first-order chi connectivity index (χ1) is 12.0. The van der Waals surface area contributed by atoms with Crippen LogP contribution in [0.2, 0.25) is 5.02 Å². The van der Waals surface area contributed by atoms with Crippen molar-refractivity contribution in [3.05, 3.63) is 70.0 Å². The smallest absolute Gasteiger partial charge is 0.223 e. The van der Waals surface area contributed by atoms with E-state index in [4.69, 9.17) is 11.6 Å². The summed E-state index contributed by atoms with van der Waals surface area (Å²) in [6.45, 7) is 3.71. The Morgan fingerprint density at radius 1 is 1.20 bits per heavy atom. The van der Waals surface area contributed by atoms with Gasteiger partial charge in [-0.1, -0.05) is 47.5 Å². The molecule has 0 spiro atoms. The fraction of sp³-hybridized carbons (Fsp3) is 0.350. The number of hydrogen-bond donors (Lipinski definition) is 2. The van der Waals surface area contributed by atoms with Crippen molar-refractivity contribution in [2.24, 2.45) is 5.92 Å². The maximum Gasteiger partial charge on any atom is 0.223 e. The molecule has 1 fully saturated rings. The average Bonchev–Trinajstić information content (AvgIpc) is 2.62. The molecular formula is C20H22ClFN2O. The number of hydrogen-bond acceptors (Lipinski definition) is 2. The topological polar surface area (TPSA) is 41.1 Å². The van der Waals surface area contributed by atoms with Crippen molar-refractivity contribution in [2.45, 2.75) is 25.8 Å². The number of carbonyl (C=O) groups is 1. The Morgan fingerprint density at radius 2 is 1.88 bits per heavy atom. The molecule has 1 aliphatic rings. The maximum absolute atomic E-state index is 13.4. The van der Waals surface area contributed by atoms with Crippen molar-refractivity contribution in [3.63, 3.8) is 0 Å². The molecule has 2 aromatic carbocycles. The molecule has 1 atom stereocenters. The van der Waals surface area contributed by atoms with Gasteiger partial charge in [-0.2, -0.15) is 0 Å². The van der Waals surface area contributed by atoms with Gasteiger partial charge in [-0.15, -0.1) is 0 Å². The fourth-order valence-corrected chi connectivity index (χ4v) is 3.46. The molecule has 5 heteroatoms. The van der Waals surface area contributed by atoms with Gasteiger partial charge in [-0.3, -0.25) is 4.79 Å². The summed E-state index contributed by atoms with van der Waals surface area (Å²) in [6.07, 6.45) is 1.65. The Hall–Kier alpha value is -1.91. The zero-order chi connectivity index (χ0) is 17.8. The van der Waals surface area contributed by atoms with E-state index < -0.39 is 6.04 Å². The largest absolute Gasteiger partial charge is 0.345 e. The molecule has 132 valence electrons. The van der Waals surface area contributed by atoms with Crippen molar-refractivity contribution in [1.82, 2.24) is 10.6 Å². The van der Waals surface area contributed by atoms with Crippen molar-refractivity contribution in [1.29, 1.82) is 0 Å². The molecule has 3 rings (SSSR count). The number of amides is 1. The Labute approximate surface area is 152 Å². The number of carbonyl (C=O) groups excluding carboxylic acids is 1. The van der Waals surface area contributed by atoms with Gasteiger partial charge in [-0.05, 0) is 56.1 Å². The number of halogens is 2. The van der Waals surface area contributed by atoms with Crippen LogP contribution in [0.1, 0.15) is 35.6 Å². The van der Waals surface area contributed by atoms with E-state index in [2.05, 4.69) is 10.6 Å². The van der Waals surface area contributed by atoms with Gasteiger partial charge >= 0.3 is 0 Å². The summed E-state index contributed by atoms with van der Waals surface area (Å²) in [7, 11) is 0. The number of nitrogens with one attached hydrogen (secondary N) is 2. The Bertz CT molecular complexity index is 742. The molecule has 2 aromatic rings. The van der Waals surface area contributed by atoms with E-state index in [1.54, 1.807) is 6.07 Å². The zero-order valence-corrected chi connectivity index (χ0v) is 14.9.